The number of thiophene rings is 1. The van der Waals surface area contributed by atoms with E-state index in [4.69, 9.17) is 5.26 Å². The van der Waals surface area contributed by atoms with Crippen molar-refractivity contribution in [2.24, 2.45) is 0 Å². The summed E-state index contributed by atoms with van der Waals surface area (Å²) in [5, 5.41) is 22.9. The molecule has 98 valence electrons. The van der Waals surface area contributed by atoms with Crippen molar-refractivity contribution >= 4 is 27.4 Å². The zero-order chi connectivity index (χ0) is 14.1. The third kappa shape index (κ3) is 2.02. The Kier molecular flexibility index (Phi) is 2.93. The summed E-state index contributed by atoms with van der Waals surface area (Å²) in [6.07, 6.45) is 1.43. The monoisotopic (exact) mass is 284 g/mol. The van der Waals surface area contributed by atoms with Crippen molar-refractivity contribution in [2.45, 2.75) is 6.54 Å². The van der Waals surface area contributed by atoms with Crippen LogP contribution >= 0.6 is 11.3 Å². The first-order valence-electron chi connectivity index (χ1n) is 5.72. The Morgan fingerprint density at radius 1 is 1.45 bits per heavy atom. The van der Waals surface area contributed by atoms with Crippen molar-refractivity contribution in [2.75, 3.05) is 0 Å². The minimum Gasteiger partial charge on any atom is -0.477 e. The van der Waals surface area contributed by atoms with Crippen molar-refractivity contribution < 1.29 is 9.90 Å². The first kappa shape index (κ1) is 12.3. The van der Waals surface area contributed by atoms with Gasteiger partial charge in [-0.15, -0.1) is 16.4 Å². The molecular formula is C13H8N4O2S. The van der Waals surface area contributed by atoms with Crippen LogP contribution in [0.1, 0.15) is 21.1 Å². The van der Waals surface area contributed by atoms with Gasteiger partial charge in [-0.1, -0.05) is 18.2 Å². The lowest BCUT2D eigenvalue weighted by molar-refractivity contribution is 0.0701. The fourth-order valence-electron chi connectivity index (χ4n) is 2.01. The molecule has 0 amide bonds. The van der Waals surface area contributed by atoms with Crippen LogP contribution in [0.4, 0.5) is 0 Å². The Bertz CT molecular complexity index is 844. The van der Waals surface area contributed by atoms with Gasteiger partial charge in [0.05, 0.1) is 6.54 Å². The van der Waals surface area contributed by atoms with Gasteiger partial charge in [0.15, 0.2) is 0 Å². The molecule has 1 N–H and O–H groups in total. The zero-order valence-corrected chi connectivity index (χ0v) is 11.0. The molecule has 0 saturated carbocycles. The van der Waals surface area contributed by atoms with Crippen LogP contribution in [-0.4, -0.2) is 25.8 Å². The smallest absolute Gasteiger partial charge is 0.346 e. The summed E-state index contributed by atoms with van der Waals surface area (Å²) in [7, 11) is 0. The Hall–Kier alpha value is -2.72. The summed E-state index contributed by atoms with van der Waals surface area (Å²) < 4.78 is 2.39. The highest BCUT2D eigenvalue weighted by Gasteiger charge is 2.18. The number of carboxylic acid groups (broad SMARTS) is 1. The van der Waals surface area contributed by atoms with Crippen molar-refractivity contribution in [3.8, 4) is 6.07 Å². The van der Waals surface area contributed by atoms with Crippen LogP contribution in [0.15, 0.2) is 30.6 Å². The second-order valence-electron chi connectivity index (χ2n) is 4.09. The van der Waals surface area contributed by atoms with Gasteiger partial charge in [-0.05, 0) is 11.5 Å². The van der Waals surface area contributed by atoms with Gasteiger partial charge in [0, 0.05) is 10.3 Å². The number of nitrogens with zero attached hydrogens (tertiary/aromatic N) is 4. The largest absolute Gasteiger partial charge is 0.477 e. The van der Waals surface area contributed by atoms with Crippen LogP contribution in [0.3, 0.4) is 0 Å². The van der Waals surface area contributed by atoms with Gasteiger partial charge in [-0.25, -0.2) is 14.5 Å². The first-order valence-corrected chi connectivity index (χ1v) is 6.54. The fourth-order valence-corrected chi connectivity index (χ4v) is 3.07. The second-order valence-corrected chi connectivity index (χ2v) is 5.14. The summed E-state index contributed by atoms with van der Waals surface area (Å²) in [5.41, 5.74) is 0.687. The second kappa shape index (κ2) is 4.75. The van der Waals surface area contributed by atoms with E-state index >= 15 is 0 Å². The van der Waals surface area contributed by atoms with E-state index in [2.05, 4.69) is 10.1 Å². The average Bonchev–Trinajstić information content (AvgIpc) is 3.04. The van der Waals surface area contributed by atoms with E-state index in [0.29, 0.717) is 10.4 Å². The highest BCUT2D eigenvalue weighted by atomic mass is 32.1. The van der Waals surface area contributed by atoms with Crippen molar-refractivity contribution in [1.82, 2.24) is 14.8 Å². The van der Waals surface area contributed by atoms with E-state index in [1.54, 1.807) is 0 Å². The first-order chi connectivity index (χ1) is 9.69. The predicted molar refractivity (Wildman–Crippen MR) is 72.6 cm³/mol. The molecule has 1 aromatic carbocycles. The maximum absolute atomic E-state index is 11.4. The minimum atomic E-state index is -0.957. The lowest BCUT2D eigenvalue weighted by Gasteiger charge is -2.01. The van der Waals surface area contributed by atoms with Gasteiger partial charge in [0.25, 0.3) is 5.82 Å². The molecule has 2 heterocycles. The summed E-state index contributed by atoms with van der Waals surface area (Å²) in [6, 6.07) is 9.36. The SMILES string of the molecule is N#Cc1ncn(Cc2c(C(=O)O)sc3ccccc23)n1. The van der Waals surface area contributed by atoms with Crippen molar-refractivity contribution in [1.29, 1.82) is 5.26 Å². The van der Waals surface area contributed by atoms with Gasteiger partial charge in [-0.3, -0.25) is 0 Å². The molecule has 3 aromatic rings. The highest BCUT2D eigenvalue weighted by molar-refractivity contribution is 7.21. The molecule has 0 aliphatic heterocycles. The maximum Gasteiger partial charge on any atom is 0.346 e. The standard InChI is InChI=1S/C13H8N4O2S/c14-5-11-15-7-17(16-11)6-9-8-3-1-2-4-10(8)20-12(9)13(18)19/h1-4,7H,6H2,(H,18,19). The van der Waals surface area contributed by atoms with Gasteiger partial charge < -0.3 is 5.11 Å². The molecule has 0 bridgehead atoms. The number of carboxylic acids is 1. The van der Waals surface area contributed by atoms with E-state index in [1.807, 2.05) is 30.3 Å². The fraction of sp³-hybridized carbons (Fsp3) is 0.0769. The quantitative estimate of drug-likeness (QED) is 0.795. The molecule has 0 atom stereocenters. The van der Waals surface area contributed by atoms with Gasteiger partial charge in [-0.2, -0.15) is 5.26 Å². The molecular weight excluding hydrogens is 276 g/mol. The van der Waals surface area contributed by atoms with E-state index < -0.39 is 5.97 Å². The molecule has 0 spiro atoms. The molecule has 2 aromatic heterocycles. The number of hydrogen-bond donors (Lipinski definition) is 1. The molecule has 7 heteroatoms. The zero-order valence-electron chi connectivity index (χ0n) is 10.1. The summed E-state index contributed by atoms with van der Waals surface area (Å²) in [5.74, 6) is -0.886. The summed E-state index contributed by atoms with van der Waals surface area (Å²) in [4.78, 5) is 15.5. The molecule has 3 rings (SSSR count). The van der Waals surface area contributed by atoms with E-state index in [0.717, 1.165) is 10.1 Å². The summed E-state index contributed by atoms with van der Waals surface area (Å²) >= 11 is 1.24. The lowest BCUT2D eigenvalue weighted by Crippen LogP contribution is -2.05. The molecule has 6 nitrogen and oxygen atoms in total. The normalized spacial score (nSPS) is 10.6. The number of fused-ring (bicyclic) bond motifs is 1. The Morgan fingerprint density at radius 3 is 2.95 bits per heavy atom. The van der Waals surface area contributed by atoms with E-state index in [-0.39, 0.29) is 12.4 Å². The maximum atomic E-state index is 11.4. The molecule has 20 heavy (non-hydrogen) atoms. The number of nitriles is 1. The number of aromatic nitrogens is 3. The third-order valence-electron chi connectivity index (χ3n) is 2.85. The number of rotatable bonds is 3. The number of carbonyl (C=O) groups is 1. The van der Waals surface area contributed by atoms with Crippen LogP contribution < -0.4 is 0 Å². The van der Waals surface area contributed by atoms with E-state index in [1.165, 1.54) is 22.3 Å². The predicted octanol–water partition coefficient (Wildman–Crippen LogP) is 2.11. The molecule has 0 saturated heterocycles. The van der Waals surface area contributed by atoms with Crippen molar-refractivity contribution in [3.63, 3.8) is 0 Å². The molecule has 0 aliphatic rings. The van der Waals surface area contributed by atoms with Crippen LogP contribution in [-0.2, 0) is 6.54 Å². The third-order valence-corrected chi connectivity index (χ3v) is 4.05. The summed E-state index contributed by atoms with van der Waals surface area (Å²) in [6.45, 7) is 0.278. The highest BCUT2D eigenvalue weighted by Crippen LogP contribution is 2.31. The minimum absolute atomic E-state index is 0.0708. The topological polar surface area (TPSA) is 91.8 Å². The van der Waals surface area contributed by atoms with Crippen LogP contribution in [0, 0.1) is 11.3 Å². The Labute approximate surface area is 117 Å². The van der Waals surface area contributed by atoms with Gasteiger partial charge >= 0.3 is 5.97 Å². The Balaban J connectivity index is 2.11. The Morgan fingerprint density at radius 2 is 2.25 bits per heavy atom. The van der Waals surface area contributed by atoms with Crippen molar-refractivity contribution in [3.05, 3.63) is 46.9 Å². The van der Waals surface area contributed by atoms with Crippen LogP contribution in [0.2, 0.25) is 0 Å². The average molecular weight is 284 g/mol. The van der Waals surface area contributed by atoms with Gasteiger partial charge in [0.2, 0.25) is 0 Å². The van der Waals surface area contributed by atoms with Crippen LogP contribution in [0.5, 0.6) is 0 Å². The lowest BCUT2D eigenvalue weighted by atomic mass is 10.1. The molecule has 0 radical (unpaired) electrons. The van der Waals surface area contributed by atoms with E-state index in [9.17, 15) is 9.90 Å². The van der Waals surface area contributed by atoms with Gasteiger partial charge in [0.1, 0.15) is 17.3 Å². The molecule has 0 fully saturated rings. The molecule has 0 aliphatic carbocycles. The van der Waals surface area contributed by atoms with Crippen LogP contribution in [0.25, 0.3) is 10.1 Å². The number of benzene rings is 1. The molecule has 0 unspecified atom stereocenters. The number of hydrogen-bond acceptors (Lipinski definition) is 5. The number of aromatic carboxylic acids is 1.